The number of nitrogens with zero attached hydrogens (tertiary/aromatic N) is 4. The van der Waals surface area contributed by atoms with Crippen molar-refractivity contribution in [2.75, 3.05) is 0 Å². The van der Waals surface area contributed by atoms with E-state index in [4.69, 9.17) is 4.52 Å². The molecule has 0 spiro atoms. The SMILES string of the molecule is Cc1nc(C2(NC(=O)c3cnc4c(c3)c(=O)[nH]c(=O)n4C3CC3)CCCC2)no1. The highest BCUT2D eigenvalue weighted by Gasteiger charge is 2.41. The van der Waals surface area contributed by atoms with Crippen LogP contribution in [0.4, 0.5) is 0 Å². The molecule has 0 aromatic carbocycles. The van der Waals surface area contributed by atoms with Crippen LogP contribution in [0.3, 0.4) is 0 Å². The first-order valence-corrected chi connectivity index (χ1v) is 9.75. The molecule has 3 aromatic rings. The van der Waals surface area contributed by atoms with Gasteiger partial charge in [-0.25, -0.2) is 9.78 Å². The quantitative estimate of drug-likeness (QED) is 0.678. The molecule has 2 fully saturated rings. The van der Waals surface area contributed by atoms with E-state index in [1.165, 1.54) is 16.8 Å². The first-order chi connectivity index (χ1) is 14.0. The standard InChI is InChI=1S/C19H20N6O4/c1-10-21-17(24-29-10)19(6-2-3-7-19)23-15(26)11-8-13-14(20-9-11)25(12-4-5-12)18(28)22-16(13)27/h8-9,12H,2-7H2,1H3,(H,23,26)(H,22,27,28). The minimum atomic E-state index is -0.691. The fraction of sp³-hybridized carbons (Fsp3) is 0.474. The number of pyridine rings is 1. The Morgan fingerprint density at radius 3 is 2.72 bits per heavy atom. The zero-order chi connectivity index (χ0) is 20.2. The summed E-state index contributed by atoms with van der Waals surface area (Å²) in [6.45, 7) is 1.71. The summed E-state index contributed by atoms with van der Waals surface area (Å²) < 4.78 is 6.61. The molecule has 29 heavy (non-hydrogen) atoms. The van der Waals surface area contributed by atoms with Crippen molar-refractivity contribution in [1.29, 1.82) is 0 Å². The maximum Gasteiger partial charge on any atom is 0.330 e. The lowest BCUT2D eigenvalue weighted by Gasteiger charge is -2.26. The topological polar surface area (TPSA) is 136 Å². The Kier molecular flexibility index (Phi) is 3.90. The third kappa shape index (κ3) is 2.95. The summed E-state index contributed by atoms with van der Waals surface area (Å²) in [4.78, 5) is 48.4. The number of rotatable bonds is 4. The third-order valence-electron chi connectivity index (χ3n) is 5.72. The van der Waals surface area contributed by atoms with Gasteiger partial charge in [0, 0.05) is 19.2 Å². The average Bonchev–Trinajstić information content (AvgIpc) is 3.23. The van der Waals surface area contributed by atoms with Crippen molar-refractivity contribution >= 4 is 16.9 Å². The second kappa shape index (κ2) is 6.36. The number of amides is 1. The van der Waals surface area contributed by atoms with E-state index in [0.29, 0.717) is 30.2 Å². The number of aromatic nitrogens is 5. The Labute approximate surface area is 164 Å². The molecule has 3 heterocycles. The molecule has 150 valence electrons. The van der Waals surface area contributed by atoms with Crippen LogP contribution in [0.25, 0.3) is 11.0 Å². The molecular formula is C19H20N6O4. The third-order valence-corrected chi connectivity index (χ3v) is 5.72. The minimum Gasteiger partial charge on any atom is -0.340 e. The number of H-pyrrole nitrogens is 1. The fourth-order valence-corrected chi connectivity index (χ4v) is 4.10. The van der Waals surface area contributed by atoms with Crippen molar-refractivity contribution in [3.63, 3.8) is 0 Å². The molecule has 2 N–H and O–H groups in total. The van der Waals surface area contributed by atoms with Gasteiger partial charge in [0.15, 0.2) is 5.82 Å². The molecule has 0 atom stereocenters. The summed E-state index contributed by atoms with van der Waals surface area (Å²) in [6.07, 6.45) is 6.45. The van der Waals surface area contributed by atoms with Crippen LogP contribution in [-0.2, 0) is 5.54 Å². The second-order valence-electron chi connectivity index (χ2n) is 7.84. The maximum atomic E-state index is 13.0. The van der Waals surface area contributed by atoms with Crippen LogP contribution in [0.1, 0.15) is 66.6 Å². The van der Waals surface area contributed by atoms with Gasteiger partial charge in [-0.2, -0.15) is 4.98 Å². The van der Waals surface area contributed by atoms with Gasteiger partial charge in [0.2, 0.25) is 5.89 Å². The lowest BCUT2D eigenvalue weighted by molar-refractivity contribution is 0.0891. The minimum absolute atomic E-state index is 0.0530. The van der Waals surface area contributed by atoms with E-state index in [0.717, 1.165) is 25.7 Å². The van der Waals surface area contributed by atoms with Crippen molar-refractivity contribution < 1.29 is 9.32 Å². The van der Waals surface area contributed by atoms with Crippen LogP contribution < -0.4 is 16.6 Å². The van der Waals surface area contributed by atoms with Gasteiger partial charge in [0.05, 0.1) is 10.9 Å². The summed E-state index contributed by atoms with van der Waals surface area (Å²) in [5.41, 5.74) is -1.15. The van der Waals surface area contributed by atoms with Crippen LogP contribution >= 0.6 is 0 Å². The summed E-state index contributed by atoms with van der Waals surface area (Å²) in [5.74, 6) is 0.541. The highest BCUT2D eigenvalue weighted by Crippen LogP contribution is 2.38. The molecule has 1 amide bonds. The van der Waals surface area contributed by atoms with Crippen LogP contribution in [0.5, 0.6) is 0 Å². The Bertz CT molecular complexity index is 1230. The van der Waals surface area contributed by atoms with Crippen LogP contribution in [0, 0.1) is 6.92 Å². The van der Waals surface area contributed by atoms with Gasteiger partial charge in [0.25, 0.3) is 11.5 Å². The van der Waals surface area contributed by atoms with E-state index in [1.807, 2.05) is 0 Å². The molecule has 0 radical (unpaired) electrons. The molecule has 5 rings (SSSR count). The molecule has 2 aliphatic carbocycles. The van der Waals surface area contributed by atoms with Crippen LogP contribution in [-0.4, -0.2) is 30.6 Å². The largest absolute Gasteiger partial charge is 0.340 e. The van der Waals surface area contributed by atoms with Gasteiger partial charge in [0.1, 0.15) is 11.2 Å². The predicted molar refractivity (Wildman–Crippen MR) is 102 cm³/mol. The molecular weight excluding hydrogens is 376 g/mol. The summed E-state index contributed by atoms with van der Waals surface area (Å²) in [7, 11) is 0. The van der Waals surface area contributed by atoms with Gasteiger partial charge in [-0.05, 0) is 31.7 Å². The smallest absolute Gasteiger partial charge is 0.330 e. The van der Waals surface area contributed by atoms with Crippen molar-refractivity contribution in [1.82, 2.24) is 30.0 Å². The van der Waals surface area contributed by atoms with Gasteiger partial charge in [-0.3, -0.25) is 19.1 Å². The number of carbonyl (C=O) groups is 1. The molecule has 0 aliphatic heterocycles. The molecule has 10 heteroatoms. The number of hydrogen-bond donors (Lipinski definition) is 2. The lowest BCUT2D eigenvalue weighted by atomic mass is 9.96. The van der Waals surface area contributed by atoms with E-state index >= 15 is 0 Å². The first kappa shape index (κ1) is 17.8. The molecule has 10 nitrogen and oxygen atoms in total. The maximum absolute atomic E-state index is 13.0. The van der Waals surface area contributed by atoms with E-state index < -0.39 is 16.8 Å². The molecule has 2 aliphatic rings. The second-order valence-corrected chi connectivity index (χ2v) is 7.84. The zero-order valence-corrected chi connectivity index (χ0v) is 15.9. The van der Waals surface area contributed by atoms with Crippen LogP contribution in [0.15, 0.2) is 26.4 Å². The van der Waals surface area contributed by atoms with Crippen molar-refractivity contribution in [2.45, 2.75) is 57.0 Å². The van der Waals surface area contributed by atoms with Crippen molar-refractivity contribution in [2.24, 2.45) is 0 Å². The van der Waals surface area contributed by atoms with Gasteiger partial charge >= 0.3 is 5.69 Å². The number of aromatic amines is 1. The Balaban J connectivity index is 1.53. The Morgan fingerprint density at radius 1 is 1.31 bits per heavy atom. The fourth-order valence-electron chi connectivity index (χ4n) is 4.10. The van der Waals surface area contributed by atoms with Crippen molar-refractivity contribution in [3.8, 4) is 0 Å². The number of nitrogens with one attached hydrogen (secondary N) is 2. The number of fused-ring (bicyclic) bond motifs is 1. The van der Waals surface area contributed by atoms with E-state index in [2.05, 4.69) is 25.4 Å². The summed E-state index contributed by atoms with van der Waals surface area (Å²) >= 11 is 0. The highest BCUT2D eigenvalue weighted by atomic mass is 16.5. The lowest BCUT2D eigenvalue weighted by Crippen LogP contribution is -2.44. The normalized spacial score (nSPS) is 18.2. The average molecular weight is 396 g/mol. The van der Waals surface area contributed by atoms with Crippen LogP contribution in [0.2, 0.25) is 0 Å². The molecule has 0 unspecified atom stereocenters. The number of hydrogen-bond acceptors (Lipinski definition) is 7. The van der Waals surface area contributed by atoms with E-state index in [9.17, 15) is 14.4 Å². The van der Waals surface area contributed by atoms with E-state index in [-0.39, 0.29) is 22.9 Å². The molecule has 0 saturated heterocycles. The monoisotopic (exact) mass is 396 g/mol. The number of carbonyl (C=O) groups excluding carboxylic acids is 1. The Hall–Kier alpha value is -3.30. The highest BCUT2D eigenvalue weighted by molar-refractivity contribution is 5.97. The first-order valence-electron chi connectivity index (χ1n) is 9.75. The summed E-state index contributed by atoms with van der Waals surface area (Å²) in [5, 5.41) is 7.28. The van der Waals surface area contributed by atoms with Crippen molar-refractivity contribution in [3.05, 3.63) is 50.4 Å². The molecule has 2 saturated carbocycles. The van der Waals surface area contributed by atoms with E-state index in [1.54, 1.807) is 6.92 Å². The van der Waals surface area contributed by atoms with Gasteiger partial charge in [-0.1, -0.05) is 18.0 Å². The number of aryl methyl sites for hydroxylation is 1. The van der Waals surface area contributed by atoms with Gasteiger partial charge < -0.3 is 9.84 Å². The molecule has 0 bridgehead atoms. The van der Waals surface area contributed by atoms with Gasteiger partial charge in [-0.15, -0.1) is 0 Å². The molecule has 3 aromatic heterocycles. The Morgan fingerprint density at radius 2 is 2.07 bits per heavy atom. The summed E-state index contributed by atoms with van der Waals surface area (Å²) in [6, 6.07) is 1.54. The zero-order valence-electron chi connectivity index (χ0n) is 15.9. The predicted octanol–water partition coefficient (Wildman–Crippen LogP) is 1.31.